The van der Waals surface area contributed by atoms with Gasteiger partial charge in [0.25, 0.3) is 0 Å². The Morgan fingerprint density at radius 3 is 2.84 bits per heavy atom. The Morgan fingerprint density at radius 1 is 1.26 bits per heavy atom. The number of halogens is 1. The minimum atomic E-state index is -0.432. The number of nitrogens with zero attached hydrogens (tertiary/aromatic N) is 2. The number of hydrogen-bond acceptors (Lipinski definition) is 4. The van der Waals surface area contributed by atoms with Gasteiger partial charge < -0.3 is 10.3 Å². The Balaban J connectivity index is 1.87. The maximum atomic E-state index is 11.4. The zero-order valence-electron chi connectivity index (χ0n) is 9.77. The average Bonchev–Trinajstić information content (AvgIpc) is 2.85. The smallest absolute Gasteiger partial charge is 0.348 e. The third-order valence-electron chi connectivity index (χ3n) is 2.69. The van der Waals surface area contributed by atoms with Crippen LogP contribution in [-0.4, -0.2) is 19.9 Å². The van der Waals surface area contributed by atoms with Crippen molar-refractivity contribution in [2.45, 2.75) is 6.54 Å². The molecule has 3 N–H and O–H groups in total. The molecule has 1 aromatic carbocycles. The molecule has 0 saturated heterocycles. The van der Waals surface area contributed by atoms with Crippen molar-refractivity contribution in [2.24, 2.45) is 0 Å². The Hall–Kier alpha value is -2.34. The molecule has 19 heavy (non-hydrogen) atoms. The molecule has 0 saturated carbocycles. The minimum absolute atomic E-state index is 0.432. The Kier molecular flexibility index (Phi) is 2.92. The number of imidazole rings is 1. The van der Waals surface area contributed by atoms with Crippen molar-refractivity contribution in [3.05, 3.63) is 51.7 Å². The van der Waals surface area contributed by atoms with Gasteiger partial charge in [0.1, 0.15) is 5.52 Å². The summed E-state index contributed by atoms with van der Waals surface area (Å²) >= 11 is 5.82. The lowest BCUT2D eigenvalue weighted by molar-refractivity contribution is 1.06. The van der Waals surface area contributed by atoms with Crippen molar-refractivity contribution in [1.29, 1.82) is 0 Å². The van der Waals surface area contributed by atoms with Gasteiger partial charge in [-0.05, 0) is 17.7 Å². The third-order valence-corrected chi connectivity index (χ3v) is 2.94. The van der Waals surface area contributed by atoms with Crippen molar-refractivity contribution in [3.63, 3.8) is 0 Å². The van der Waals surface area contributed by atoms with Gasteiger partial charge in [-0.3, -0.25) is 4.98 Å². The number of H-pyrrole nitrogens is 2. The summed E-state index contributed by atoms with van der Waals surface area (Å²) in [5.41, 5.74) is 1.77. The van der Waals surface area contributed by atoms with E-state index < -0.39 is 5.69 Å². The fraction of sp³-hybridized carbons (Fsp3) is 0.0833. The summed E-state index contributed by atoms with van der Waals surface area (Å²) in [5, 5.41) is 3.79. The van der Waals surface area contributed by atoms with E-state index >= 15 is 0 Å². The average molecular weight is 276 g/mol. The first-order chi connectivity index (χ1) is 9.22. The van der Waals surface area contributed by atoms with Gasteiger partial charge in [-0.2, -0.15) is 4.98 Å². The van der Waals surface area contributed by atoms with E-state index in [9.17, 15) is 4.79 Å². The molecule has 2 heterocycles. The van der Waals surface area contributed by atoms with Crippen LogP contribution in [0.1, 0.15) is 5.56 Å². The van der Waals surface area contributed by atoms with Crippen molar-refractivity contribution < 1.29 is 0 Å². The summed E-state index contributed by atoms with van der Waals surface area (Å²) < 4.78 is 0. The van der Waals surface area contributed by atoms with E-state index in [2.05, 4.69) is 25.3 Å². The van der Waals surface area contributed by atoms with Gasteiger partial charge in [0, 0.05) is 11.6 Å². The first kappa shape index (κ1) is 11.7. The van der Waals surface area contributed by atoms with Crippen molar-refractivity contribution in [1.82, 2.24) is 19.9 Å². The highest BCUT2D eigenvalue weighted by molar-refractivity contribution is 6.30. The highest BCUT2D eigenvalue weighted by Gasteiger charge is 2.06. The number of anilines is 1. The molecule has 0 aliphatic carbocycles. The first-order valence-electron chi connectivity index (χ1n) is 5.64. The summed E-state index contributed by atoms with van der Waals surface area (Å²) in [5.74, 6) is 0.478. The standard InChI is InChI=1S/C12H10ClN5O/c13-8-3-1-7(2-4-8)5-14-10-9-11(16-6-15-9)18-12(19)17-10/h1-4,6H,5H2,(H3,14,15,16,17,18,19). The fourth-order valence-corrected chi connectivity index (χ4v) is 1.90. The fourth-order valence-electron chi connectivity index (χ4n) is 1.77. The molecular weight excluding hydrogens is 266 g/mol. The summed E-state index contributed by atoms with van der Waals surface area (Å²) in [6.45, 7) is 0.543. The first-order valence-corrected chi connectivity index (χ1v) is 6.02. The summed E-state index contributed by atoms with van der Waals surface area (Å²) in [7, 11) is 0. The zero-order valence-corrected chi connectivity index (χ0v) is 10.5. The van der Waals surface area contributed by atoms with Crippen LogP contribution < -0.4 is 11.0 Å². The highest BCUT2D eigenvalue weighted by Crippen LogP contribution is 2.15. The molecule has 0 fully saturated rings. The van der Waals surface area contributed by atoms with Crippen LogP contribution in [0.4, 0.5) is 5.82 Å². The molecule has 0 amide bonds. The molecular formula is C12H10ClN5O. The topological polar surface area (TPSA) is 86.5 Å². The number of benzene rings is 1. The van der Waals surface area contributed by atoms with Gasteiger partial charge in [0.2, 0.25) is 0 Å². The van der Waals surface area contributed by atoms with Gasteiger partial charge in [0.15, 0.2) is 11.5 Å². The molecule has 0 aliphatic heterocycles. The molecule has 0 atom stereocenters. The summed E-state index contributed by atoms with van der Waals surface area (Å²) in [6.07, 6.45) is 1.51. The van der Waals surface area contributed by atoms with E-state index in [-0.39, 0.29) is 0 Å². The van der Waals surface area contributed by atoms with Crippen LogP contribution >= 0.6 is 11.6 Å². The zero-order chi connectivity index (χ0) is 13.2. The Bertz CT molecular complexity index is 762. The van der Waals surface area contributed by atoms with E-state index in [1.807, 2.05) is 24.3 Å². The van der Waals surface area contributed by atoms with Gasteiger partial charge in [-0.15, -0.1) is 0 Å². The lowest BCUT2D eigenvalue weighted by Gasteiger charge is -2.06. The van der Waals surface area contributed by atoms with Crippen LogP contribution in [0.2, 0.25) is 5.02 Å². The van der Waals surface area contributed by atoms with Crippen molar-refractivity contribution in [3.8, 4) is 0 Å². The predicted molar refractivity (Wildman–Crippen MR) is 73.3 cm³/mol. The molecule has 96 valence electrons. The van der Waals surface area contributed by atoms with Crippen LogP contribution in [0.15, 0.2) is 35.4 Å². The molecule has 2 aromatic heterocycles. The quantitative estimate of drug-likeness (QED) is 0.681. The molecule has 0 unspecified atom stereocenters. The van der Waals surface area contributed by atoms with Gasteiger partial charge >= 0.3 is 5.69 Å². The second kappa shape index (κ2) is 4.74. The number of rotatable bonds is 3. The predicted octanol–water partition coefficient (Wildman–Crippen LogP) is 1.91. The van der Waals surface area contributed by atoms with Crippen LogP contribution in [0, 0.1) is 0 Å². The largest absolute Gasteiger partial charge is 0.364 e. The molecule has 3 aromatic rings. The molecule has 0 spiro atoms. The summed E-state index contributed by atoms with van der Waals surface area (Å²) in [6, 6.07) is 7.45. The molecule has 0 bridgehead atoms. The Labute approximate surface area is 112 Å². The van der Waals surface area contributed by atoms with E-state index in [0.29, 0.717) is 28.5 Å². The molecule has 6 nitrogen and oxygen atoms in total. The second-order valence-corrected chi connectivity index (χ2v) is 4.43. The number of nitrogens with one attached hydrogen (secondary N) is 3. The lowest BCUT2D eigenvalue weighted by Crippen LogP contribution is -2.14. The third kappa shape index (κ3) is 2.43. The van der Waals surface area contributed by atoms with E-state index in [0.717, 1.165) is 5.56 Å². The van der Waals surface area contributed by atoms with E-state index in [1.165, 1.54) is 6.33 Å². The number of aromatic amines is 2. The monoisotopic (exact) mass is 275 g/mol. The van der Waals surface area contributed by atoms with E-state index in [1.54, 1.807) is 0 Å². The number of hydrogen-bond donors (Lipinski definition) is 3. The second-order valence-electron chi connectivity index (χ2n) is 4.00. The molecule has 0 aliphatic rings. The highest BCUT2D eigenvalue weighted by atomic mass is 35.5. The Morgan fingerprint density at radius 2 is 2.05 bits per heavy atom. The summed E-state index contributed by atoms with van der Waals surface area (Å²) in [4.78, 5) is 24.7. The SMILES string of the molecule is O=c1nc(NCc2ccc(Cl)cc2)c2[nH]cnc2[nH]1. The van der Waals surface area contributed by atoms with E-state index in [4.69, 9.17) is 11.6 Å². The number of fused-ring (bicyclic) bond motifs is 1. The van der Waals surface area contributed by atoms with Crippen molar-refractivity contribution >= 4 is 28.6 Å². The minimum Gasteiger partial charge on any atom is -0.364 e. The van der Waals surface area contributed by atoms with Crippen LogP contribution in [0.25, 0.3) is 11.2 Å². The maximum absolute atomic E-state index is 11.4. The van der Waals surface area contributed by atoms with Gasteiger partial charge in [-0.25, -0.2) is 9.78 Å². The number of aromatic nitrogens is 4. The molecule has 3 rings (SSSR count). The molecule has 7 heteroatoms. The van der Waals surface area contributed by atoms with Crippen LogP contribution in [-0.2, 0) is 6.54 Å². The van der Waals surface area contributed by atoms with Gasteiger partial charge in [-0.1, -0.05) is 23.7 Å². The molecule has 0 radical (unpaired) electrons. The van der Waals surface area contributed by atoms with Crippen molar-refractivity contribution in [2.75, 3.05) is 5.32 Å². The van der Waals surface area contributed by atoms with Crippen LogP contribution in [0.5, 0.6) is 0 Å². The maximum Gasteiger partial charge on any atom is 0.348 e. The lowest BCUT2D eigenvalue weighted by atomic mass is 10.2. The van der Waals surface area contributed by atoms with Crippen LogP contribution in [0.3, 0.4) is 0 Å². The normalized spacial score (nSPS) is 10.8. The van der Waals surface area contributed by atoms with Gasteiger partial charge in [0.05, 0.1) is 6.33 Å².